The Balaban J connectivity index is 1.63. The Morgan fingerprint density at radius 3 is 2.59 bits per heavy atom. The second kappa shape index (κ2) is 8.74. The fourth-order valence-electron chi connectivity index (χ4n) is 3.96. The van der Waals surface area contributed by atoms with Gasteiger partial charge in [0.15, 0.2) is 0 Å². The topological polar surface area (TPSA) is 54.5 Å². The van der Waals surface area contributed by atoms with Crippen LogP contribution >= 0.6 is 0 Å². The number of imidazole rings is 1. The molecule has 1 aliphatic rings. The minimum Gasteiger partial charge on any atom is -0.464 e. The van der Waals surface area contributed by atoms with E-state index in [0.717, 1.165) is 69.5 Å². The Hall–Kier alpha value is -2.08. The van der Waals surface area contributed by atoms with Gasteiger partial charge in [0, 0.05) is 37.9 Å². The lowest BCUT2D eigenvalue weighted by molar-refractivity contribution is 0.0708. The van der Waals surface area contributed by atoms with Crippen LogP contribution in [0.2, 0.25) is 0 Å². The van der Waals surface area contributed by atoms with Crippen molar-refractivity contribution in [3.63, 3.8) is 0 Å². The average molecular weight is 373 g/mol. The number of piperidine rings is 1. The summed E-state index contributed by atoms with van der Waals surface area (Å²) in [6, 6.07) is 1.94. The monoisotopic (exact) mass is 372 g/mol. The van der Waals surface area contributed by atoms with Gasteiger partial charge in [0.25, 0.3) is 5.91 Å². The van der Waals surface area contributed by atoms with Crippen molar-refractivity contribution in [3.05, 3.63) is 41.4 Å². The smallest absolute Gasteiger partial charge is 0.257 e. The van der Waals surface area contributed by atoms with Crippen molar-refractivity contribution in [1.82, 2.24) is 19.4 Å². The first-order valence-electron chi connectivity index (χ1n) is 10.2. The molecule has 0 spiro atoms. The van der Waals surface area contributed by atoms with Crippen molar-refractivity contribution in [2.75, 3.05) is 26.2 Å². The zero-order valence-corrected chi connectivity index (χ0v) is 17.1. The van der Waals surface area contributed by atoms with E-state index in [-0.39, 0.29) is 5.91 Å². The number of hydrogen-bond donors (Lipinski definition) is 0. The number of rotatable bonds is 7. The van der Waals surface area contributed by atoms with Gasteiger partial charge in [-0.2, -0.15) is 0 Å². The molecule has 0 aliphatic carbocycles. The SMILES string of the molecule is CCN(CC)Cc1cc(C(=O)N2CCC(c3nccn3CC)CC2)c(C)o1. The van der Waals surface area contributed by atoms with Crippen molar-refractivity contribution >= 4 is 5.91 Å². The standard InChI is InChI=1S/C21H32N4O2/c1-5-23(6-2)15-18-14-19(16(4)27-18)21(26)25-11-8-17(9-12-25)20-22-10-13-24(20)7-3/h10,13-14,17H,5-9,11-12,15H2,1-4H3. The molecule has 0 radical (unpaired) electrons. The summed E-state index contributed by atoms with van der Waals surface area (Å²) in [6.07, 6.45) is 5.85. The summed E-state index contributed by atoms with van der Waals surface area (Å²) >= 11 is 0. The molecule has 3 rings (SSSR count). The van der Waals surface area contributed by atoms with Gasteiger partial charge in [-0.25, -0.2) is 4.98 Å². The van der Waals surface area contributed by atoms with Gasteiger partial charge in [0.2, 0.25) is 0 Å². The third-order valence-electron chi connectivity index (χ3n) is 5.71. The Morgan fingerprint density at radius 1 is 1.26 bits per heavy atom. The molecule has 6 nitrogen and oxygen atoms in total. The van der Waals surface area contributed by atoms with Gasteiger partial charge in [-0.1, -0.05) is 13.8 Å². The second-order valence-electron chi connectivity index (χ2n) is 7.28. The van der Waals surface area contributed by atoms with Crippen LogP contribution < -0.4 is 0 Å². The number of carbonyl (C=O) groups is 1. The highest BCUT2D eigenvalue weighted by atomic mass is 16.3. The summed E-state index contributed by atoms with van der Waals surface area (Å²) in [5.41, 5.74) is 0.714. The predicted octanol–water partition coefficient (Wildman–Crippen LogP) is 3.67. The molecule has 0 saturated carbocycles. The summed E-state index contributed by atoms with van der Waals surface area (Å²) in [6.45, 7) is 13.5. The molecule has 148 valence electrons. The van der Waals surface area contributed by atoms with E-state index in [2.05, 4.69) is 35.2 Å². The van der Waals surface area contributed by atoms with Gasteiger partial charge in [0.1, 0.15) is 17.3 Å². The molecule has 1 aliphatic heterocycles. The summed E-state index contributed by atoms with van der Waals surface area (Å²) in [5, 5.41) is 0. The van der Waals surface area contributed by atoms with Crippen molar-refractivity contribution in [2.24, 2.45) is 0 Å². The van der Waals surface area contributed by atoms with Gasteiger partial charge in [-0.3, -0.25) is 9.69 Å². The van der Waals surface area contributed by atoms with Crippen LogP contribution in [0.4, 0.5) is 0 Å². The van der Waals surface area contributed by atoms with E-state index in [9.17, 15) is 4.79 Å². The van der Waals surface area contributed by atoms with Gasteiger partial charge in [0.05, 0.1) is 12.1 Å². The fraction of sp³-hybridized carbons (Fsp3) is 0.619. The molecule has 0 atom stereocenters. The van der Waals surface area contributed by atoms with E-state index in [4.69, 9.17) is 4.42 Å². The zero-order valence-electron chi connectivity index (χ0n) is 17.1. The highest BCUT2D eigenvalue weighted by Crippen LogP contribution is 2.28. The van der Waals surface area contributed by atoms with E-state index in [1.165, 1.54) is 0 Å². The quantitative estimate of drug-likeness (QED) is 0.744. The van der Waals surface area contributed by atoms with E-state index >= 15 is 0 Å². The van der Waals surface area contributed by atoms with Gasteiger partial charge in [-0.05, 0) is 45.8 Å². The molecule has 1 amide bonds. The van der Waals surface area contributed by atoms with Crippen LogP contribution in [0.3, 0.4) is 0 Å². The van der Waals surface area contributed by atoms with Gasteiger partial charge >= 0.3 is 0 Å². The molecule has 0 N–H and O–H groups in total. The van der Waals surface area contributed by atoms with Crippen LogP contribution in [0, 0.1) is 6.92 Å². The largest absolute Gasteiger partial charge is 0.464 e. The van der Waals surface area contributed by atoms with E-state index in [1.807, 2.05) is 30.3 Å². The molecular weight excluding hydrogens is 340 g/mol. The number of hydrogen-bond acceptors (Lipinski definition) is 4. The number of aryl methyl sites for hydroxylation is 2. The molecule has 0 bridgehead atoms. The van der Waals surface area contributed by atoms with Gasteiger partial charge < -0.3 is 13.9 Å². The molecule has 2 aromatic heterocycles. The highest BCUT2D eigenvalue weighted by molar-refractivity contribution is 5.95. The van der Waals surface area contributed by atoms with Crippen LogP contribution in [-0.4, -0.2) is 51.4 Å². The minimum absolute atomic E-state index is 0.0966. The minimum atomic E-state index is 0.0966. The summed E-state index contributed by atoms with van der Waals surface area (Å²) in [4.78, 5) is 21.8. The van der Waals surface area contributed by atoms with Crippen LogP contribution in [0.15, 0.2) is 22.9 Å². The van der Waals surface area contributed by atoms with Crippen LogP contribution in [0.5, 0.6) is 0 Å². The Bertz CT molecular complexity index is 752. The lowest BCUT2D eigenvalue weighted by atomic mass is 9.95. The molecule has 3 heterocycles. The molecule has 1 fully saturated rings. The second-order valence-corrected chi connectivity index (χ2v) is 7.28. The first kappa shape index (κ1) is 19.7. The summed E-state index contributed by atoms with van der Waals surface area (Å²) < 4.78 is 8.08. The maximum atomic E-state index is 13.0. The highest BCUT2D eigenvalue weighted by Gasteiger charge is 2.28. The molecule has 6 heteroatoms. The Morgan fingerprint density at radius 2 is 1.96 bits per heavy atom. The third kappa shape index (κ3) is 4.26. The van der Waals surface area contributed by atoms with Crippen molar-refractivity contribution in [3.8, 4) is 0 Å². The number of aromatic nitrogens is 2. The first-order valence-corrected chi connectivity index (χ1v) is 10.2. The number of nitrogens with zero attached hydrogens (tertiary/aromatic N) is 4. The maximum absolute atomic E-state index is 13.0. The summed E-state index contributed by atoms with van der Waals surface area (Å²) in [7, 11) is 0. The van der Waals surface area contributed by atoms with Crippen molar-refractivity contribution in [1.29, 1.82) is 0 Å². The van der Waals surface area contributed by atoms with E-state index < -0.39 is 0 Å². The van der Waals surface area contributed by atoms with Crippen LogP contribution in [0.1, 0.15) is 67.2 Å². The molecule has 0 aromatic carbocycles. The Kier molecular flexibility index (Phi) is 6.37. The molecular formula is C21H32N4O2. The van der Waals surface area contributed by atoms with Crippen molar-refractivity contribution in [2.45, 2.75) is 59.5 Å². The van der Waals surface area contributed by atoms with E-state index in [0.29, 0.717) is 11.5 Å². The zero-order chi connectivity index (χ0) is 19.4. The molecule has 1 saturated heterocycles. The third-order valence-corrected chi connectivity index (χ3v) is 5.71. The molecule has 2 aromatic rings. The summed E-state index contributed by atoms with van der Waals surface area (Å²) in [5.74, 6) is 3.29. The van der Waals surface area contributed by atoms with Crippen molar-refractivity contribution < 1.29 is 9.21 Å². The number of carbonyl (C=O) groups excluding carboxylic acids is 1. The predicted molar refractivity (Wildman–Crippen MR) is 106 cm³/mol. The van der Waals surface area contributed by atoms with E-state index in [1.54, 1.807) is 0 Å². The molecule has 0 unspecified atom stereocenters. The average Bonchev–Trinajstić information content (AvgIpc) is 3.31. The number of amides is 1. The lowest BCUT2D eigenvalue weighted by Gasteiger charge is -2.31. The molecule has 27 heavy (non-hydrogen) atoms. The van der Waals surface area contributed by atoms with Crippen LogP contribution in [-0.2, 0) is 13.1 Å². The normalized spacial score (nSPS) is 15.7. The lowest BCUT2D eigenvalue weighted by Crippen LogP contribution is -2.38. The van der Waals surface area contributed by atoms with Gasteiger partial charge in [-0.15, -0.1) is 0 Å². The first-order chi connectivity index (χ1) is 13.1. The Labute approximate surface area is 162 Å². The van der Waals surface area contributed by atoms with Crippen LogP contribution in [0.25, 0.3) is 0 Å². The maximum Gasteiger partial charge on any atom is 0.257 e. The number of likely N-dealkylation sites (tertiary alicyclic amines) is 1. The number of furan rings is 1. The fourth-order valence-corrected chi connectivity index (χ4v) is 3.96.